The molecule has 0 aliphatic heterocycles. The number of amides is 1. The van der Waals surface area contributed by atoms with Gasteiger partial charge in [0.05, 0.1) is 11.1 Å². The first-order valence-electron chi connectivity index (χ1n) is 7.60. The van der Waals surface area contributed by atoms with Gasteiger partial charge in [-0.3, -0.25) is 4.79 Å². The van der Waals surface area contributed by atoms with E-state index in [0.29, 0.717) is 5.75 Å². The maximum Gasteiger partial charge on any atom is 0.417 e. The minimum Gasteiger partial charge on any atom is -0.360 e. The average Bonchev–Trinajstić information content (AvgIpc) is 3.01. The molecule has 0 saturated carbocycles. The van der Waals surface area contributed by atoms with Crippen molar-refractivity contribution < 1.29 is 18.0 Å². The Morgan fingerprint density at radius 2 is 1.80 bits per heavy atom. The maximum absolute atomic E-state index is 12.9. The van der Waals surface area contributed by atoms with Crippen LogP contribution in [0.1, 0.15) is 15.9 Å². The third-order valence-corrected chi connectivity index (χ3v) is 4.73. The van der Waals surface area contributed by atoms with E-state index in [4.69, 9.17) is 0 Å². The van der Waals surface area contributed by atoms with Crippen molar-refractivity contribution in [1.82, 2.24) is 10.3 Å². The lowest BCUT2D eigenvalue weighted by molar-refractivity contribution is -0.137. The van der Waals surface area contributed by atoms with Crippen LogP contribution in [-0.2, 0) is 6.18 Å². The van der Waals surface area contributed by atoms with E-state index < -0.39 is 17.6 Å². The molecule has 1 amide bonds. The standard InChI is InChI=1S/C18H15F3N2OS/c19-18(20,21)14-7-3-1-5-12(14)17(24)22-9-10-25-16-11-23-15-8-4-2-6-13(15)16/h1-8,11,23H,9-10H2,(H,22,24). The highest BCUT2D eigenvalue weighted by Crippen LogP contribution is 2.32. The van der Waals surface area contributed by atoms with E-state index in [-0.39, 0.29) is 12.1 Å². The summed E-state index contributed by atoms with van der Waals surface area (Å²) in [6.45, 7) is 0.273. The van der Waals surface area contributed by atoms with E-state index in [0.717, 1.165) is 21.9 Å². The lowest BCUT2D eigenvalue weighted by Crippen LogP contribution is -2.28. The fourth-order valence-corrected chi connectivity index (χ4v) is 3.41. The number of aromatic nitrogens is 1. The van der Waals surface area contributed by atoms with Crippen molar-refractivity contribution >= 4 is 28.6 Å². The second kappa shape index (κ2) is 7.23. The van der Waals surface area contributed by atoms with Gasteiger partial charge in [0.2, 0.25) is 0 Å². The molecule has 3 nitrogen and oxygen atoms in total. The van der Waals surface area contributed by atoms with Crippen molar-refractivity contribution in [3.63, 3.8) is 0 Å². The molecule has 0 aliphatic carbocycles. The van der Waals surface area contributed by atoms with Gasteiger partial charge in [-0.05, 0) is 18.2 Å². The van der Waals surface area contributed by atoms with Crippen molar-refractivity contribution in [2.24, 2.45) is 0 Å². The summed E-state index contributed by atoms with van der Waals surface area (Å²) in [4.78, 5) is 16.3. The van der Waals surface area contributed by atoms with Crippen molar-refractivity contribution in [3.8, 4) is 0 Å². The minimum absolute atomic E-state index is 0.273. The maximum atomic E-state index is 12.9. The summed E-state index contributed by atoms with van der Waals surface area (Å²) >= 11 is 1.54. The average molecular weight is 364 g/mol. The largest absolute Gasteiger partial charge is 0.417 e. The zero-order valence-corrected chi connectivity index (χ0v) is 13.9. The number of hydrogen-bond acceptors (Lipinski definition) is 2. The summed E-state index contributed by atoms with van der Waals surface area (Å²) in [6, 6.07) is 12.6. The molecule has 3 aromatic rings. The number of carbonyl (C=O) groups is 1. The third-order valence-electron chi connectivity index (χ3n) is 3.67. The van der Waals surface area contributed by atoms with Gasteiger partial charge in [-0.25, -0.2) is 0 Å². The van der Waals surface area contributed by atoms with Crippen LogP contribution < -0.4 is 5.32 Å². The number of nitrogens with one attached hydrogen (secondary N) is 2. The summed E-state index contributed by atoms with van der Waals surface area (Å²) in [5.74, 6) is -0.158. The molecule has 25 heavy (non-hydrogen) atoms. The van der Waals surface area contributed by atoms with Crippen molar-refractivity contribution in [1.29, 1.82) is 0 Å². The van der Waals surface area contributed by atoms with Gasteiger partial charge in [-0.15, -0.1) is 11.8 Å². The number of rotatable bonds is 5. The van der Waals surface area contributed by atoms with Crippen LogP contribution in [0.3, 0.4) is 0 Å². The molecule has 3 rings (SSSR count). The highest BCUT2D eigenvalue weighted by atomic mass is 32.2. The van der Waals surface area contributed by atoms with Crippen LogP contribution in [0.2, 0.25) is 0 Å². The Labute approximate surface area is 146 Å². The van der Waals surface area contributed by atoms with E-state index in [1.807, 2.05) is 30.5 Å². The molecule has 0 bridgehead atoms. The molecule has 2 aromatic carbocycles. The first-order chi connectivity index (χ1) is 12.0. The molecule has 1 aromatic heterocycles. The SMILES string of the molecule is O=C(NCCSc1c[nH]c2ccccc12)c1ccccc1C(F)(F)F. The number of hydrogen-bond donors (Lipinski definition) is 2. The normalized spacial score (nSPS) is 11.6. The molecule has 1 heterocycles. The Balaban J connectivity index is 1.59. The Kier molecular flexibility index (Phi) is 5.03. The van der Waals surface area contributed by atoms with Gasteiger partial charge in [0.15, 0.2) is 0 Å². The Morgan fingerprint density at radius 1 is 1.08 bits per heavy atom. The van der Waals surface area contributed by atoms with Crippen molar-refractivity contribution in [2.45, 2.75) is 11.1 Å². The topological polar surface area (TPSA) is 44.9 Å². The molecule has 0 spiro atoms. The van der Waals surface area contributed by atoms with Crippen LogP contribution >= 0.6 is 11.8 Å². The molecular weight excluding hydrogens is 349 g/mol. The first-order valence-corrected chi connectivity index (χ1v) is 8.59. The van der Waals surface area contributed by atoms with Gasteiger partial charge in [0.25, 0.3) is 5.91 Å². The smallest absolute Gasteiger partial charge is 0.360 e. The second-order valence-electron chi connectivity index (χ2n) is 5.35. The van der Waals surface area contributed by atoms with E-state index in [1.165, 1.54) is 30.0 Å². The van der Waals surface area contributed by atoms with Crippen molar-refractivity contribution in [3.05, 3.63) is 65.9 Å². The number of carbonyl (C=O) groups excluding carboxylic acids is 1. The zero-order chi connectivity index (χ0) is 17.9. The predicted octanol–water partition coefficient (Wildman–Crippen LogP) is 4.71. The summed E-state index contributed by atoms with van der Waals surface area (Å²) < 4.78 is 38.8. The number of alkyl halides is 3. The molecule has 0 saturated heterocycles. The quantitative estimate of drug-likeness (QED) is 0.509. The van der Waals surface area contributed by atoms with Crippen LogP contribution in [0.15, 0.2) is 59.6 Å². The Morgan fingerprint density at radius 3 is 2.60 bits per heavy atom. The lowest BCUT2D eigenvalue weighted by atomic mass is 10.1. The zero-order valence-electron chi connectivity index (χ0n) is 13.1. The van der Waals surface area contributed by atoms with Crippen LogP contribution in [0.25, 0.3) is 10.9 Å². The summed E-state index contributed by atoms with van der Waals surface area (Å²) in [5, 5.41) is 3.64. The highest BCUT2D eigenvalue weighted by molar-refractivity contribution is 7.99. The monoisotopic (exact) mass is 364 g/mol. The Hall–Kier alpha value is -2.41. The van der Waals surface area contributed by atoms with Gasteiger partial charge >= 0.3 is 6.18 Å². The molecular formula is C18H15F3N2OS. The van der Waals surface area contributed by atoms with E-state index >= 15 is 0 Å². The van der Waals surface area contributed by atoms with Gasteiger partial charge in [0, 0.05) is 34.3 Å². The molecule has 7 heteroatoms. The fraction of sp³-hybridized carbons (Fsp3) is 0.167. The molecule has 130 valence electrons. The summed E-state index contributed by atoms with van der Waals surface area (Å²) in [6.07, 6.45) is -2.66. The Bertz CT molecular complexity index is 889. The number of thioether (sulfide) groups is 1. The van der Waals surface area contributed by atoms with E-state index in [9.17, 15) is 18.0 Å². The number of halogens is 3. The summed E-state index contributed by atoms with van der Waals surface area (Å²) in [7, 11) is 0. The van der Waals surface area contributed by atoms with Gasteiger partial charge < -0.3 is 10.3 Å². The lowest BCUT2D eigenvalue weighted by Gasteiger charge is -2.12. The van der Waals surface area contributed by atoms with Crippen LogP contribution in [0.5, 0.6) is 0 Å². The van der Waals surface area contributed by atoms with Gasteiger partial charge in [-0.2, -0.15) is 13.2 Å². The van der Waals surface area contributed by atoms with Crippen LogP contribution in [0.4, 0.5) is 13.2 Å². The molecule has 0 atom stereocenters. The third kappa shape index (κ3) is 3.99. The number of aromatic amines is 1. The van der Waals surface area contributed by atoms with Crippen LogP contribution in [0, 0.1) is 0 Å². The van der Waals surface area contributed by atoms with Crippen LogP contribution in [-0.4, -0.2) is 23.2 Å². The fourth-order valence-electron chi connectivity index (χ4n) is 2.51. The number of H-pyrrole nitrogens is 1. The summed E-state index contributed by atoms with van der Waals surface area (Å²) in [5.41, 5.74) is -0.253. The van der Waals surface area contributed by atoms with Gasteiger partial charge in [-0.1, -0.05) is 30.3 Å². The predicted molar refractivity (Wildman–Crippen MR) is 92.8 cm³/mol. The number of benzene rings is 2. The molecule has 0 unspecified atom stereocenters. The highest BCUT2D eigenvalue weighted by Gasteiger charge is 2.34. The number of para-hydroxylation sites is 1. The van der Waals surface area contributed by atoms with E-state index in [2.05, 4.69) is 10.3 Å². The second-order valence-corrected chi connectivity index (χ2v) is 6.48. The molecule has 0 radical (unpaired) electrons. The van der Waals surface area contributed by atoms with Crippen molar-refractivity contribution in [2.75, 3.05) is 12.3 Å². The molecule has 0 fully saturated rings. The minimum atomic E-state index is -4.55. The van der Waals surface area contributed by atoms with E-state index in [1.54, 1.807) is 0 Å². The number of fused-ring (bicyclic) bond motifs is 1. The molecule has 2 N–H and O–H groups in total. The first kappa shape index (κ1) is 17.4. The van der Waals surface area contributed by atoms with Gasteiger partial charge in [0.1, 0.15) is 0 Å². The molecule has 0 aliphatic rings.